The van der Waals surface area contributed by atoms with Crippen LogP contribution < -0.4 is 0 Å². The predicted octanol–water partition coefficient (Wildman–Crippen LogP) is 3.21. The first-order valence-corrected chi connectivity index (χ1v) is 8.16. The van der Waals surface area contributed by atoms with E-state index in [9.17, 15) is 5.11 Å². The molecule has 0 radical (unpaired) electrons. The van der Waals surface area contributed by atoms with Crippen molar-refractivity contribution in [2.75, 3.05) is 14.1 Å². The molecular formula is C17H33NO2. The van der Waals surface area contributed by atoms with E-state index in [1.165, 1.54) is 19.3 Å². The number of likely N-dealkylation sites (N-methyl/N-ethyl adjacent to an activating group) is 1. The number of ether oxygens (including phenoxy) is 1. The highest BCUT2D eigenvalue weighted by atomic mass is 16.5. The van der Waals surface area contributed by atoms with E-state index >= 15 is 0 Å². The number of aliphatic hydroxyl groups excluding tert-OH is 1. The molecule has 1 aliphatic heterocycles. The summed E-state index contributed by atoms with van der Waals surface area (Å²) in [6.45, 7) is 8.57. The molecule has 2 atom stereocenters. The lowest BCUT2D eigenvalue weighted by atomic mass is 9.68. The van der Waals surface area contributed by atoms with E-state index in [0.29, 0.717) is 0 Å². The summed E-state index contributed by atoms with van der Waals surface area (Å²) >= 11 is 0. The van der Waals surface area contributed by atoms with Gasteiger partial charge in [0.1, 0.15) is 0 Å². The molecule has 118 valence electrons. The van der Waals surface area contributed by atoms with Gasteiger partial charge in [-0.2, -0.15) is 0 Å². The molecule has 1 saturated carbocycles. The highest BCUT2D eigenvalue weighted by molar-refractivity contribution is 5.07. The van der Waals surface area contributed by atoms with E-state index in [1.807, 2.05) is 0 Å². The molecule has 0 bridgehead atoms. The molecule has 3 nitrogen and oxygen atoms in total. The third kappa shape index (κ3) is 2.77. The van der Waals surface area contributed by atoms with Crippen LogP contribution in [0.1, 0.15) is 66.2 Å². The smallest absolute Gasteiger partial charge is 0.0780 e. The highest BCUT2D eigenvalue weighted by Crippen LogP contribution is 2.48. The third-order valence-electron chi connectivity index (χ3n) is 5.69. The number of hydrogen-bond acceptors (Lipinski definition) is 3. The van der Waals surface area contributed by atoms with Crippen molar-refractivity contribution >= 4 is 0 Å². The zero-order valence-electron chi connectivity index (χ0n) is 14.2. The summed E-state index contributed by atoms with van der Waals surface area (Å²) in [5.74, 6) is 0.206. The van der Waals surface area contributed by atoms with Crippen LogP contribution in [0.15, 0.2) is 0 Å². The van der Waals surface area contributed by atoms with Crippen LogP contribution in [0.5, 0.6) is 0 Å². The lowest BCUT2D eigenvalue weighted by Crippen LogP contribution is -2.59. The van der Waals surface area contributed by atoms with Crippen LogP contribution >= 0.6 is 0 Å². The highest BCUT2D eigenvalue weighted by Gasteiger charge is 2.55. The number of hydrogen-bond donors (Lipinski definition) is 1. The molecule has 1 N–H and O–H groups in total. The van der Waals surface area contributed by atoms with Crippen molar-refractivity contribution in [1.29, 1.82) is 0 Å². The van der Waals surface area contributed by atoms with E-state index < -0.39 is 0 Å². The fourth-order valence-corrected chi connectivity index (χ4v) is 4.64. The first-order chi connectivity index (χ1) is 9.11. The molecule has 0 aromatic carbocycles. The Balaban J connectivity index is 2.26. The molecule has 1 heterocycles. The average molecular weight is 283 g/mol. The van der Waals surface area contributed by atoms with Crippen LogP contribution in [0.4, 0.5) is 0 Å². The van der Waals surface area contributed by atoms with E-state index in [4.69, 9.17) is 4.74 Å². The van der Waals surface area contributed by atoms with Crippen LogP contribution in [-0.4, -0.2) is 46.9 Å². The number of nitrogens with zero attached hydrogens (tertiary/aromatic N) is 1. The third-order valence-corrected chi connectivity index (χ3v) is 5.69. The van der Waals surface area contributed by atoms with Crippen LogP contribution in [0.2, 0.25) is 0 Å². The summed E-state index contributed by atoms with van der Waals surface area (Å²) in [5, 5.41) is 11.2. The van der Waals surface area contributed by atoms with E-state index in [-0.39, 0.29) is 28.8 Å². The molecular weight excluding hydrogens is 250 g/mol. The molecule has 2 aliphatic rings. The van der Waals surface area contributed by atoms with E-state index in [2.05, 4.69) is 46.7 Å². The summed E-state index contributed by atoms with van der Waals surface area (Å²) in [6, 6.07) is 0. The average Bonchev–Trinajstić information content (AvgIpc) is 2.57. The molecule has 20 heavy (non-hydrogen) atoms. The Morgan fingerprint density at radius 1 is 1.05 bits per heavy atom. The maximum absolute atomic E-state index is 11.2. The zero-order chi connectivity index (χ0) is 15.2. The topological polar surface area (TPSA) is 32.7 Å². The Kier molecular flexibility index (Phi) is 4.27. The van der Waals surface area contributed by atoms with Crippen molar-refractivity contribution in [3.05, 3.63) is 0 Å². The Morgan fingerprint density at radius 3 is 2.00 bits per heavy atom. The molecule has 0 aromatic rings. The Morgan fingerprint density at radius 2 is 1.60 bits per heavy atom. The lowest BCUT2D eigenvalue weighted by Gasteiger charge is -2.49. The molecule has 0 aromatic heterocycles. The van der Waals surface area contributed by atoms with Gasteiger partial charge in [0.2, 0.25) is 0 Å². The monoisotopic (exact) mass is 283 g/mol. The molecule has 2 rings (SSSR count). The molecule has 0 spiro atoms. The van der Waals surface area contributed by atoms with Gasteiger partial charge in [-0.05, 0) is 61.1 Å². The molecule has 1 saturated heterocycles. The normalized spacial score (nSPS) is 33.3. The minimum Gasteiger partial charge on any atom is -0.391 e. The lowest BCUT2D eigenvalue weighted by molar-refractivity contribution is -0.118. The van der Waals surface area contributed by atoms with Gasteiger partial charge in [0.15, 0.2) is 0 Å². The van der Waals surface area contributed by atoms with Gasteiger partial charge in [0, 0.05) is 11.5 Å². The van der Waals surface area contributed by atoms with Crippen molar-refractivity contribution in [2.45, 2.75) is 89.1 Å². The molecule has 0 amide bonds. The second-order valence-corrected chi connectivity index (χ2v) is 8.28. The summed E-state index contributed by atoms with van der Waals surface area (Å²) in [7, 11) is 4.25. The first kappa shape index (κ1) is 16.3. The number of rotatable bonds is 3. The van der Waals surface area contributed by atoms with Gasteiger partial charge >= 0.3 is 0 Å². The van der Waals surface area contributed by atoms with Gasteiger partial charge in [-0.1, -0.05) is 19.3 Å². The van der Waals surface area contributed by atoms with Crippen molar-refractivity contribution in [1.82, 2.24) is 4.90 Å². The Bertz CT molecular complexity index is 343. The fraction of sp³-hybridized carbons (Fsp3) is 1.00. The van der Waals surface area contributed by atoms with Gasteiger partial charge < -0.3 is 14.7 Å². The van der Waals surface area contributed by atoms with Gasteiger partial charge in [0.05, 0.1) is 17.3 Å². The Labute approximate surface area is 124 Å². The minimum atomic E-state index is -0.311. The summed E-state index contributed by atoms with van der Waals surface area (Å²) in [4.78, 5) is 2.28. The molecule has 1 aliphatic carbocycles. The van der Waals surface area contributed by atoms with Crippen LogP contribution in [0.3, 0.4) is 0 Å². The maximum Gasteiger partial charge on any atom is 0.0780 e. The van der Waals surface area contributed by atoms with E-state index in [1.54, 1.807) is 0 Å². The van der Waals surface area contributed by atoms with Crippen LogP contribution in [0.25, 0.3) is 0 Å². The second-order valence-electron chi connectivity index (χ2n) is 8.28. The standard InChI is InChI=1S/C17H33NO2/c1-15(2)12-13(16(3,4)20-15)14(19)17(18(5)6)10-8-7-9-11-17/h13-14,19H,7-12H2,1-6H3. The van der Waals surface area contributed by atoms with Gasteiger partial charge in [-0.3, -0.25) is 0 Å². The minimum absolute atomic E-state index is 0.0655. The Hall–Kier alpha value is -0.120. The number of aliphatic hydroxyl groups is 1. The summed E-state index contributed by atoms with van der Waals surface area (Å²) in [6.07, 6.45) is 6.60. The SMILES string of the molecule is CN(C)C1(C(O)C2CC(C)(C)OC2(C)C)CCCCC1. The van der Waals surface area contributed by atoms with Crippen LogP contribution in [-0.2, 0) is 4.74 Å². The van der Waals surface area contributed by atoms with Crippen LogP contribution in [0, 0.1) is 5.92 Å². The fourth-order valence-electron chi connectivity index (χ4n) is 4.64. The van der Waals surface area contributed by atoms with Crippen molar-refractivity contribution in [2.24, 2.45) is 5.92 Å². The largest absolute Gasteiger partial charge is 0.391 e. The van der Waals surface area contributed by atoms with Gasteiger partial charge in [0.25, 0.3) is 0 Å². The van der Waals surface area contributed by atoms with Gasteiger partial charge in [-0.15, -0.1) is 0 Å². The summed E-state index contributed by atoms with van der Waals surface area (Å²) in [5.41, 5.74) is -0.440. The summed E-state index contributed by atoms with van der Waals surface area (Å²) < 4.78 is 6.21. The molecule has 2 fully saturated rings. The van der Waals surface area contributed by atoms with Gasteiger partial charge in [-0.25, -0.2) is 0 Å². The second kappa shape index (κ2) is 5.26. The molecule has 3 heteroatoms. The zero-order valence-corrected chi connectivity index (χ0v) is 14.2. The predicted molar refractivity (Wildman–Crippen MR) is 82.9 cm³/mol. The first-order valence-electron chi connectivity index (χ1n) is 8.16. The quantitative estimate of drug-likeness (QED) is 0.863. The van der Waals surface area contributed by atoms with Crippen molar-refractivity contribution in [3.8, 4) is 0 Å². The van der Waals surface area contributed by atoms with Crippen molar-refractivity contribution < 1.29 is 9.84 Å². The molecule has 2 unspecified atom stereocenters. The maximum atomic E-state index is 11.2. The van der Waals surface area contributed by atoms with Crippen molar-refractivity contribution in [3.63, 3.8) is 0 Å². The van der Waals surface area contributed by atoms with E-state index in [0.717, 1.165) is 19.3 Å².